The molecule has 0 aliphatic carbocycles. The van der Waals surface area contributed by atoms with Gasteiger partial charge in [-0.3, -0.25) is 0 Å². The lowest BCUT2D eigenvalue weighted by atomic mass is 10.0. The van der Waals surface area contributed by atoms with Gasteiger partial charge in [-0.05, 0) is 42.5 Å². The molecule has 2 aromatic carbocycles. The molecule has 0 bridgehead atoms. The lowest BCUT2D eigenvalue weighted by molar-refractivity contribution is 0.747. The summed E-state index contributed by atoms with van der Waals surface area (Å²) in [7, 11) is 0. The van der Waals surface area contributed by atoms with Crippen molar-refractivity contribution in [3.63, 3.8) is 0 Å². The van der Waals surface area contributed by atoms with Crippen molar-refractivity contribution in [1.82, 2.24) is 0 Å². The lowest BCUT2D eigenvalue weighted by Crippen LogP contribution is -2.10. The molecule has 0 fully saturated rings. The summed E-state index contributed by atoms with van der Waals surface area (Å²) in [4.78, 5) is 1.27. The summed E-state index contributed by atoms with van der Waals surface area (Å²) in [6.45, 7) is 2.19. The zero-order valence-corrected chi connectivity index (χ0v) is 12.8. The van der Waals surface area contributed by atoms with Gasteiger partial charge in [-0.2, -0.15) is 0 Å². The summed E-state index contributed by atoms with van der Waals surface area (Å²) in [6.07, 6.45) is 3.13. The molecule has 0 radical (unpaired) electrons. The molecule has 1 unspecified atom stereocenters. The molecule has 19 heavy (non-hydrogen) atoms. The summed E-state index contributed by atoms with van der Waals surface area (Å²) in [5, 5.41) is 4.40. The maximum Gasteiger partial charge on any atom is 0.0511 e. The van der Waals surface area contributed by atoms with Crippen molar-refractivity contribution in [2.24, 2.45) is 0 Å². The minimum atomic E-state index is 0.311. The number of nitrogens with one attached hydrogen (secondary N) is 1. The van der Waals surface area contributed by atoms with Gasteiger partial charge >= 0.3 is 0 Å². The Hall–Kier alpha value is -1.12. The van der Waals surface area contributed by atoms with Crippen molar-refractivity contribution >= 4 is 29.1 Å². The smallest absolute Gasteiger partial charge is 0.0511 e. The van der Waals surface area contributed by atoms with Gasteiger partial charge in [0.15, 0.2) is 0 Å². The average molecular weight is 292 g/mol. The van der Waals surface area contributed by atoms with E-state index in [1.165, 1.54) is 16.1 Å². The van der Waals surface area contributed by atoms with Crippen LogP contribution in [0.5, 0.6) is 0 Å². The first-order valence-corrected chi connectivity index (χ1v) is 8.00. The molecule has 0 aliphatic rings. The maximum atomic E-state index is 5.94. The first kappa shape index (κ1) is 14.3. The van der Waals surface area contributed by atoms with E-state index in [9.17, 15) is 0 Å². The van der Waals surface area contributed by atoms with Crippen LogP contribution in [0.1, 0.15) is 24.9 Å². The van der Waals surface area contributed by atoms with Crippen LogP contribution >= 0.6 is 23.4 Å². The Morgan fingerprint density at radius 1 is 1.11 bits per heavy atom. The van der Waals surface area contributed by atoms with Crippen molar-refractivity contribution in [2.75, 3.05) is 11.6 Å². The number of hydrogen-bond acceptors (Lipinski definition) is 2. The van der Waals surface area contributed by atoms with Gasteiger partial charge < -0.3 is 5.32 Å². The molecule has 1 N–H and O–H groups in total. The van der Waals surface area contributed by atoms with Crippen LogP contribution in [0, 0.1) is 0 Å². The highest BCUT2D eigenvalue weighted by molar-refractivity contribution is 7.98. The number of rotatable bonds is 5. The van der Waals surface area contributed by atoms with Crippen LogP contribution in [0.4, 0.5) is 5.69 Å². The summed E-state index contributed by atoms with van der Waals surface area (Å²) in [5.41, 5.74) is 2.46. The van der Waals surface area contributed by atoms with Crippen LogP contribution in [0.25, 0.3) is 0 Å². The van der Waals surface area contributed by atoms with Gasteiger partial charge in [0.05, 0.1) is 6.04 Å². The molecular weight excluding hydrogens is 274 g/mol. The molecule has 0 saturated heterocycles. The van der Waals surface area contributed by atoms with E-state index < -0.39 is 0 Å². The van der Waals surface area contributed by atoms with Gasteiger partial charge in [0.2, 0.25) is 0 Å². The third-order valence-corrected chi connectivity index (χ3v) is 4.17. The van der Waals surface area contributed by atoms with Gasteiger partial charge in [0, 0.05) is 15.6 Å². The number of para-hydroxylation sites is 1. The standard InChI is InChI=1S/C16H18ClNS/c1-3-14(12-8-10-13(17)11-9-12)18-15-6-4-5-7-16(15)19-2/h4-11,14,18H,3H2,1-2H3. The second-order valence-electron chi connectivity index (χ2n) is 4.36. The Bertz CT molecular complexity index is 525. The zero-order valence-electron chi connectivity index (χ0n) is 11.2. The Balaban J connectivity index is 2.21. The van der Waals surface area contributed by atoms with Crippen molar-refractivity contribution in [3.05, 3.63) is 59.1 Å². The summed E-state index contributed by atoms with van der Waals surface area (Å²) in [6, 6.07) is 16.8. The number of hydrogen-bond donors (Lipinski definition) is 1. The van der Waals surface area contributed by atoms with E-state index in [4.69, 9.17) is 11.6 Å². The fraction of sp³-hybridized carbons (Fsp3) is 0.250. The molecule has 0 spiro atoms. The third-order valence-electron chi connectivity index (χ3n) is 3.12. The highest BCUT2D eigenvalue weighted by Gasteiger charge is 2.10. The average Bonchev–Trinajstić information content (AvgIpc) is 2.46. The summed E-state index contributed by atoms with van der Waals surface area (Å²) in [5.74, 6) is 0. The molecular formula is C16H18ClNS. The zero-order chi connectivity index (χ0) is 13.7. The molecule has 1 atom stereocenters. The monoisotopic (exact) mass is 291 g/mol. The Labute approximate surface area is 124 Å². The van der Waals surface area contributed by atoms with Crippen molar-refractivity contribution in [2.45, 2.75) is 24.3 Å². The van der Waals surface area contributed by atoms with Crippen molar-refractivity contribution in [3.8, 4) is 0 Å². The Kier molecular flexibility index (Phi) is 5.17. The fourth-order valence-corrected chi connectivity index (χ4v) is 2.76. The predicted octanol–water partition coefficient (Wildman–Crippen LogP) is 5.63. The van der Waals surface area contributed by atoms with Crippen LogP contribution < -0.4 is 5.32 Å². The highest BCUT2D eigenvalue weighted by Crippen LogP contribution is 2.30. The third kappa shape index (κ3) is 3.68. The van der Waals surface area contributed by atoms with Crippen LogP contribution in [0.3, 0.4) is 0 Å². The van der Waals surface area contributed by atoms with E-state index in [0.717, 1.165) is 11.4 Å². The minimum absolute atomic E-state index is 0.311. The first-order valence-electron chi connectivity index (χ1n) is 6.39. The van der Waals surface area contributed by atoms with Crippen LogP contribution in [-0.2, 0) is 0 Å². The second kappa shape index (κ2) is 6.88. The summed E-state index contributed by atoms with van der Waals surface area (Å²) < 4.78 is 0. The lowest BCUT2D eigenvalue weighted by Gasteiger charge is -2.20. The molecule has 0 aromatic heterocycles. The van der Waals surface area contributed by atoms with Crippen molar-refractivity contribution in [1.29, 1.82) is 0 Å². The normalized spacial score (nSPS) is 12.2. The van der Waals surface area contributed by atoms with E-state index >= 15 is 0 Å². The van der Waals surface area contributed by atoms with E-state index in [1.54, 1.807) is 11.8 Å². The SMILES string of the molecule is CCC(Nc1ccccc1SC)c1ccc(Cl)cc1. The topological polar surface area (TPSA) is 12.0 Å². The number of anilines is 1. The molecule has 0 aliphatic heterocycles. The van der Waals surface area contributed by atoms with Gasteiger partial charge in [-0.1, -0.05) is 42.8 Å². The van der Waals surface area contributed by atoms with Gasteiger partial charge in [-0.25, -0.2) is 0 Å². The molecule has 0 heterocycles. The quantitative estimate of drug-likeness (QED) is 0.717. The molecule has 0 amide bonds. The molecule has 2 rings (SSSR count). The number of benzene rings is 2. The maximum absolute atomic E-state index is 5.94. The number of halogens is 1. The van der Waals surface area contributed by atoms with E-state index in [2.05, 4.69) is 54.9 Å². The van der Waals surface area contributed by atoms with Gasteiger partial charge in [-0.15, -0.1) is 11.8 Å². The minimum Gasteiger partial charge on any atom is -0.377 e. The highest BCUT2D eigenvalue weighted by atomic mass is 35.5. The molecule has 100 valence electrons. The predicted molar refractivity (Wildman–Crippen MR) is 86.3 cm³/mol. The van der Waals surface area contributed by atoms with Crippen molar-refractivity contribution < 1.29 is 0 Å². The van der Waals surface area contributed by atoms with E-state index in [1.807, 2.05) is 12.1 Å². The molecule has 3 heteroatoms. The number of thioether (sulfide) groups is 1. The summed E-state index contributed by atoms with van der Waals surface area (Å²) >= 11 is 7.71. The molecule has 0 saturated carbocycles. The van der Waals surface area contributed by atoms with Crippen LogP contribution in [0.15, 0.2) is 53.4 Å². The molecule has 2 aromatic rings. The Morgan fingerprint density at radius 2 is 1.79 bits per heavy atom. The van der Waals surface area contributed by atoms with E-state index in [0.29, 0.717) is 6.04 Å². The van der Waals surface area contributed by atoms with Gasteiger partial charge in [0.25, 0.3) is 0 Å². The fourth-order valence-electron chi connectivity index (χ4n) is 2.07. The van der Waals surface area contributed by atoms with Crippen LogP contribution in [-0.4, -0.2) is 6.26 Å². The largest absolute Gasteiger partial charge is 0.377 e. The van der Waals surface area contributed by atoms with Crippen LogP contribution in [0.2, 0.25) is 5.02 Å². The second-order valence-corrected chi connectivity index (χ2v) is 5.64. The van der Waals surface area contributed by atoms with Gasteiger partial charge in [0.1, 0.15) is 0 Å². The van der Waals surface area contributed by atoms with E-state index in [-0.39, 0.29) is 0 Å². The Morgan fingerprint density at radius 3 is 2.42 bits per heavy atom. The first-order chi connectivity index (χ1) is 9.24. The molecule has 1 nitrogen and oxygen atoms in total.